The summed E-state index contributed by atoms with van der Waals surface area (Å²) in [5.74, 6) is 0.104. The second kappa shape index (κ2) is 3.12. The molecule has 0 aromatic heterocycles. The van der Waals surface area contributed by atoms with Crippen LogP contribution in [-0.4, -0.2) is 18.2 Å². The van der Waals surface area contributed by atoms with Gasteiger partial charge in [0.2, 0.25) is 6.29 Å². The molecule has 2 N–H and O–H groups in total. The molecule has 0 fully saturated rings. The molecule has 2 nitrogen and oxygen atoms in total. The third kappa shape index (κ3) is 2.18. The van der Waals surface area contributed by atoms with Gasteiger partial charge in [0, 0.05) is 5.88 Å². The van der Waals surface area contributed by atoms with E-state index >= 15 is 0 Å². The number of rotatable bonds is 3. The van der Waals surface area contributed by atoms with Crippen molar-refractivity contribution in [2.45, 2.75) is 6.04 Å². The van der Waals surface area contributed by atoms with Crippen LogP contribution in [0.5, 0.6) is 0 Å². The molecular formula is C3H5ClNO. The van der Waals surface area contributed by atoms with E-state index in [0.29, 0.717) is 0 Å². The van der Waals surface area contributed by atoms with E-state index in [2.05, 4.69) is 0 Å². The van der Waals surface area contributed by atoms with Crippen LogP contribution >= 0.6 is 11.6 Å². The van der Waals surface area contributed by atoms with E-state index in [0.717, 1.165) is 0 Å². The summed E-state index contributed by atoms with van der Waals surface area (Å²) in [6.45, 7) is 0. The first-order chi connectivity index (χ1) is 3.35. The van der Waals surface area contributed by atoms with Gasteiger partial charge in [0.1, 0.15) is 1.41 Å². The largest absolute Gasteiger partial charge is 0.320 e. The van der Waals surface area contributed by atoms with Crippen molar-refractivity contribution in [2.75, 3.05) is 5.88 Å². The van der Waals surface area contributed by atoms with E-state index in [4.69, 9.17) is 13.0 Å². The molecule has 3 heteroatoms. The number of hydrogen-bond acceptors (Lipinski definition) is 2. The molecule has 35 valence electrons. The summed E-state index contributed by atoms with van der Waals surface area (Å²) in [5, 5.41) is 0. The lowest BCUT2D eigenvalue weighted by Crippen LogP contribution is -2.22. The van der Waals surface area contributed by atoms with E-state index in [1.54, 1.807) is 0 Å². The first-order valence-corrected chi connectivity index (χ1v) is 1.99. The quantitative estimate of drug-likeness (QED) is 0.502. The molecular weight excluding hydrogens is 101 g/mol. The highest BCUT2D eigenvalue weighted by molar-refractivity contribution is 6.19. The van der Waals surface area contributed by atoms with Gasteiger partial charge in [-0.1, -0.05) is 0 Å². The van der Waals surface area contributed by atoms with E-state index in [-0.39, 0.29) is 5.88 Å². The van der Waals surface area contributed by atoms with Gasteiger partial charge in [-0.15, -0.1) is 11.6 Å². The monoisotopic (exact) mass is 107 g/mol. The molecule has 1 atom stereocenters. The van der Waals surface area contributed by atoms with Crippen molar-refractivity contribution in [2.24, 2.45) is 5.73 Å². The molecule has 0 saturated heterocycles. The molecule has 0 amide bonds. The van der Waals surface area contributed by atoms with Crippen molar-refractivity contribution in [3.8, 4) is 0 Å². The van der Waals surface area contributed by atoms with Gasteiger partial charge in [0.15, 0.2) is 0 Å². The molecule has 0 heterocycles. The zero-order chi connectivity index (χ0) is 5.70. The van der Waals surface area contributed by atoms with Crippen LogP contribution in [0.1, 0.15) is 0 Å². The number of carbonyl (C=O) groups excluding carboxylic acids is 1. The van der Waals surface area contributed by atoms with Gasteiger partial charge in [-0.25, -0.2) is 0 Å². The van der Waals surface area contributed by atoms with Gasteiger partial charge in [0.25, 0.3) is 0 Å². The van der Waals surface area contributed by atoms with Gasteiger partial charge >= 0.3 is 0 Å². The smallest absolute Gasteiger partial charge is 0.217 e. The molecule has 0 aromatic carbocycles. The Labute approximate surface area is 42.7 Å². The lowest BCUT2D eigenvalue weighted by molar-refractivity contribution is 0.546. The van der Waals surface area contributed by atoms with E-state index in [9.17, 15) is 4.79 Å². The lowest BCUT2D eigenvalue weighted by atomic mass is 10.4. The lowest BCUT2D eigenvalue weighted by Gasteiger charge is -1.87. The summed E-state index contributed by atoms with van der Waals surface area (Å²) in [6.07, 6.45) is 1.52. The Morgan fingerprint density at radius 3 is 3.00 bits per heavy atom. The topological polar surface area (TPSA) is 43.1 Å². The van der Waals surface area contributed by atoms with Crippen LogP contribution < -0.4 is 5.73 Å². The van der Waals surface area contributed by atoms with Crippen molar-refractivity contribution < 1.29 is 6.21 Å². The average Bonchev–Trinajstić information content (AvgIpc) is 1.72. The summed E-state index contributed by atoms with van der Waals surface area (Å²) in [5.41, 5.74) is 1.90. The predicted molar refractivity (Wildman–Crippen MR) is 24.4 cm³/mol. The Morgan fingerprint density at radius 2 is 3.00 bits per heavy atom. The fraction of sp³-hybridized carbons (Fsp3) is 0.667. The SMILES string of the molecule is [2H]N[C@H]([C]=O)CCl. The normalized spacial score (nSPS) is 15.8. The minimum atomic E-state index is -0.637. The third-order valence-corrected chi connectivity index (χ3v) is 0.605. The van der Waals surface area contributed by atoms with Crippen molar-refractivity contribution in [1.29, 1.82) is 0 Å². The first kappa shape index (κ1) is 4.09. The molecule has 0 unspecified atom stereocenters. The van der Waals surface area contributed by atoms with Crippen LogP contribution in [0.4, 0.5) is 0 Å². The molecule has 0 saturated carbocycles. The van der Waals surface area contributed by atoms with Crippen LogP contribution in [0.2, 0.25) is 1.41 Å². The van der Waals surface area contributed by atoms with Crippen LogP contribution in [-0.2, 0) is 4.79 Å². The van der Waals surface area contributed by atoms with Gasteiger partial charge < -0.3 is 5.73 Å². The van der Waals surface area contributed by atoms with Gasteiger partial charge in [-0.05, 0) is 0 Å². The Hall–Kier alpha value is -0.0800. The van der Waals surface area contributed by atoms with E-state index < -0.39 is 6.04 Å². The zero-order valence-corrected chi connectivity index (χ0v) is 3.83. The molecule has 0 aliphatic rings. The highest BCUT2D eigenvalue weighted by atomic mass is 35.5. The molecule has 0 aliphatic heterocycles. The first-order valence-electron chi connectivity index (χ1n) is 1.96. The highest BCUT2D eigenvalue weighted by Gasteiger charge is 1.93. The summed E-state index contributed by atoms with van der Waals surface area (Å²) in [6, 6.07) is -0.637. The summed E-state index contributed by atoms with van der Waals surface area (Å²) in [4.78, 5) is 9.58. The van der Waals surface area contributed by atoms with Gasteiger partial charge in [-0.3, -0.25) is 4.79 Å². The van der Waals surface area contributed by atoms with E-state index in [1.165, 1.54) is 6.29 Å². The third-order valence-electron chi connectivity index (χ3n) is 0.297. The Bertz CT molecular complexity index is 56.9. The second-order valence-corrected chi connectivity index (χ2v) is 1.13. The fourth-order valence-electron chi connectivity index (χ4n) is 0.0315. The predicted octanol–water partition coefficient (Wildman–Crippen LogP) is -0.338. The maximum Gasteiger partial charge on any atom is 0.217 e. The number of halogens is 1. The second-order valence-electron chi connectivity index (χ2n) is 0.825. The summed E-state index contributed by atoms with van der Waals surface area (Å²) >= 11 is 5.12. The van der Waals surface area contributed by atoms with Gasteiger partial charge in [0.05, 0.1) is 6.04 Å². The number of alkyl halides is 1. The summed E-state index contributed by atoms with van der Waals surface area (Å²) in [7, 11) is 0. The Kier molecular flexibility index (Phi) is 2.13. The van der Waals surface area contributed by atoms with Crippen LogP contribution in [0.25, 0.3) is 0 Å². The van der Waals surface area contributed by atoms with Crippen LogP contribution in [0.15, 0.2) is 0 Å². The molecule has 0 bridgehead atoms. The molecule has 6 heavy (non-hydrogen) atoms. The Morgan fingerprint density at radius 1 is 2.33 bits per heavy atom. The fourth-order valence-corrected chi connectivity index (χ4v) is 0.0945. The van der Waals surface area contributed by atoms with Crippen molar-refractivity contribution in [3.05, 3.63) is 0 Å². The number of nitrogens with two attached hydrogens (primary N) is 1. The molecule has 0 aromatic rings. The van der Waals surface area contributed by atoms with Crippen LogP contribution in [0.3, 0.4) is 0 Å². The van der Waals surface area contributed by atoms with Gasteiger partial charge in [-0.2, -0.15) is 0 Å². The maximum absolute atomic E-state index is 9.58. The zero-order valence-electron chi connectivity index (χ0n) is 4.07. The Balaban J connectivity index is 3.16. The molecule has 0 spiro atoms. The maximum atomic E-state index is 9.58. The van der Waals surface area contributed by atoms with Crippen molar-refractivity contribution in [1.82, 2.24) is 0 Å². The van der Waals surface area contributed by atoms with Crippen molar-refractivity contribution in [3.63, 3.8) is 0 Å². The average molecular weight is 108 g/mol. The molecule has 0 rings (SSSR count). The summed E-state index contributed by atoms with van der Waals surface area (Å²) < 4.78 is 6.36. The molecule has 1 radical (unpaired) electrons. The standard InChI is InChI=1S/C3H5ClNO/c4-1-3(5)2-6/h3H,1,5H2/t3-/m0/s1/i/hD. The molecule has 0 aliphatic carbocycles. The number of hydrogen-bond donors (Lipinski definition) is 1. The minimum absolute atomic E-state index is 0.104. The minimum Gasteiger partial charge on any atom is -0.320 e. The van der Waals surface area contributed by atoms with Crippen LogP contribution in [0, 0.1) is 0 Å². The van der Waals surface area contributed by atoms with Crippen molar-refractivity contribution >= 4 is 17.9 Å². The highest BCUT2D eigenvalue weighted by Crippen LogP contribution is 1.74. The van der Waals surface area contributed by atoms with E-state index in [1.807, 2.05) is 5.73 Å².